The van der Waals surface area contributed by atoms with E-state index in [1.165, 1.54) is 0 Å². The maximum atomic E-state index is 11.8. The van der Waals surface area contributed by atoms with Gasteiger partial charge in [0.2, 0.25) is 0 Å². The monoisotopic (exact) mass is 277 g/mol. The molecular formula is C15H23N3O2. The molecule has 2 atom stereocenters. The first-order valence-electron chi connectivity index (χ1n) is 7.09. The number of carbonyl (C=O) groups is 1. The molecule has 1 aromatic carbocycles. The molecule has 1 amide bonds. The maximum absolute atomic E-state index is 11.8. The molecule has 2 unspecified atom stereocenters. The molecule has 3 N–H and O–H groups in total. The Morgan fingerprint density at radius 2 is 2.05 bits per heavy atom. The summed E-state index contributed by atoms with van der Waals surface area (Å²) in [4.78, 5) is 14.0. The maximum Gasteiger partial charge on any atom is 0.251 e. The third-order valence-corrected chi connectivity index (χ3v) is 3.39. The van der Waals surface area contributed by atoms with E-state index in [4.69, 9.17) is 10.5 Å². The van der Waals surface area contributed by atoms with Crippen LogP contribution in [0.1, 0.15) is 31.1 Å². The predicted octanol–water partition coefficient (Wildman–Crippen LogP) is 1.63. The van der Waals surface area contributed by atoms with Crippen LogP contribution in [0.25, 0.3) is 0 Å². The second-order valence-electron chi connectivity index (χ2n) is 5.30. The van der Waals surface area contributed by atoms with Crippen molar-refractivity contribution in [2.24, 2.45) is 0 Å². The standard InChI is InChI=1S/C15H23N3O2/c1-4-17-15(19)12-5-6-14(13(16)7-12)18-8-10(2)20-11(3)9-18/h5-7,10-11H,4,8-9,16H2,1-3H3,(H,17,19). The van der Waals surface area contributed by atoms with E-state index in [-0.39, 0.29) is 18.1 Å². The molecule has 1 aromatic rings. The molecule has 1 heterocycles. The Balaban J connectivity index is 2.19. The fraction of sp³-hybridized carbons (Fsp3) is 0.533. The summed E-state index contributed by atoms with van der Waals surface area (Å²) in [5, 5.41) is 2.77. The fourth-order valence-electron chi connectivity index (χ4n) is 2.62. The van der Waals surface area contributed by atoms with Gasteiger partial charge in [-0.3, -0.25) is 4.79 Å². The highest BCUT2D eigenvalue weighted by Crippen LogP contribution is 2.27. The van der Waals surface area contributed by atoms with Crippen molar-refractivity contribution in [1.29, 1.82) is 0 Å². The van der Waals surface area contributed by atoms with Crippen molar-refractivity contribution in [2.75, 3.05) is 30.3 Å². The van der Waals surface area contributed by atoms with E-state index >= 15 is 0 Å². The molecule has 2 rings (SSSR count). The predicted molar refractivity (Wildman–Crippen MR) is 81.1 cm³/mol. The first-order chi connectivity index (χ1) is 9.51. The van der Waals surface area contributed by atoms with Gasteiger partial charge in [-0.15, -0.1) is 0 Å². The zero-order valence-electron chi connectivity index (χ0n) is 12.3. The minimum Gasteiger partial charge on any atom is -0.397 e. The lowest BCUT2D eigenvalue weighted by atomic mass is 10.1. The minimum atomic E-state index is -0.0885. The van der Waals surface area contributed by atoms with Crippen LogP contribution in [0.4, 0.5) is 11.4 Å². The van der Waals surface area contributed by atoms with Crippen molar-refractivity contribution in [2.45, 2.75) is 33.0 Å². The van der Waals surface area contributed by atoms with E-state index in [0.717, 1.165) is 18.8 Å². The van der Waals surface area contributed by atoms with Gasteiger partial charge in [0.15, 0.2) is 0 Å². The number of ether oxygens (including phenoxy) is 1. The molecule has 0 aromatic heterocycles. The number of nitrogens with two attached hydrogens (primary N) is 1. The Bertz CT molecular complexity index is 480. The first-order valence-corrected chi connectivity index (χ1v) is 7.09. The average Bonchev–Trinajstić information content (AvgIpc) is 2.37. The summed E-state index contributed by atoms with van der Waals surface area (Å²) in [5.74, 6) is -0.0885. The van der Waals surface area contributed by atoms with Gasteiger partial charge in [0.1, 0.15) is 0 Å². The molecule has 5 heteroatoms. The molecule has 0 spiro atoms. The Kier molecular flexibility index (Phi) is 4.49. The molecule has 1 saturated heterocycles. The third kappa shape index (κ3) is 3.22. The minimum absolute atomic E-state index is 0.0885. The van der Waals surface area contributed by atoms with E-state index in [9.17, 15) is 4.79 Å². The van der Waals surface area contributed by atoms with Crippen molar-refractivity contribution in [1.82, 2.24) is 5.32 Å². The van der Waals surface area contributed by atoms with Crippen LogP contribution in [-0.4, -0.2) is 37.7 Å². The second-order valence-corrected chi connectivity index (χ2v) is 5.30. The van der Waals surface area contributed by atoms with Gasteiger partial charge in [0.25, 0.3) is 5.91 Å². The van der Waals surface area contributed by atoms with Crippen molar-refractivity contribution in [3.8, 4) is 0 Å². The average molecular weight is 277 g/mol. The summed E-state index contributed by atoms with van der Waals surface area (Å²) in [6.45, 7) is 8.25. The molecule has 110 valence electrons. The highest BCUT2D eigenvalue weighted by molar-refractivity contribution is 5.96. The second kappa shape index (κ2) is 6.13. The topological polar surface area (TPSA) is 67.6 Å². The van der Waals surface area contributed by atoms with Crippen LogP contribution in [0, 0.1) is 0 Å². The van der Waals surface area contributed by atoms with E-state index in [0.29, 0.717) is 17.8 Å². The number of amides is 1. The summed E-state index contributed by atoms with van der Waals surface area (Å²) >= 11 is 0. The molecule has 1 fully saturated rings. The summed E-state index contributed by atoms with van der Waals surface area (Å²) in [5.41, 5.74) is 8.32. The van der Waals surface area contributed by atoms with Gasteiger partial charge in [-0.05, 0) is 39.0 Å². The van der Waals surface area contributed by atoms with Crippen LogP contribution in [0.3, 0.4) is 0 Å². The van der Waals surface area contributed by atoms with Crippen LogP contribution in [0.2, 0.25) is 0 Å². The van der Waals surface area contributed by atoms with Gasteiger partial charge < -0.3 is 20.7 Å². The molecule has 0 bridgehead atoms. The lowest BCUT2D eigenvalue weighted by Gasteiger charge is -2.37. The largest absolute Gasteiger partial charge is 0.397 e. The fourth-order valence-corrected chi connectivity index (χ4v) is 2.62. The van der Waals surface area contributed by atoms with Crippen LogP contribution in [-0.2, 0) is 4.74 Å². The van der Waals surface area contributed by atoms with Gasteiger partial charge in [-0.2, -0.15) is 0 Å². The molecule has 0 aliphatic carbocycles. The van der Waals surface area contributed by atoms with E-state index in [1.807, 2.05) is 19.1 Å². The molecule has 0 saturated carbocycles. The Hall–Kier alpha value is -1.75. The number of benzene rings is 1. The zero-order valence-corrected chi connectivity index (χ0v) is 12.3. The normalized spacial score (nSPS) is 22.6. The third-order valence-electron chi connectivity index (χ3n) is 3.39. The van der Waals surface area contributed by atoms with Gasteiger partial charge in [0, 0.05) is 25.2 Å². The molecule has 1 aliphatic heterocycles. The smallest absolute Gasteiger partial charge is 0.251 e. The van der Waals surface area contributed by atoms with E-state index in [2.05, 4.69) is 24.1 Å². The van der Waals surface area contributed by atoms with Crippen LogP contribution in [0.5, 0.6) is 0 Å². The van der Waals surface area contributed by atoms with Crippen LogP contribution < -0.4 is 16.0 Å². The highest BCUT2D eigenvalue weighted by atomic mass is 16.5. The molecule has 20 heavy (non-hydrogen) atoms. The van der Waals surface area contributed by atoms with Gasteiger partial charge in [-0.1, -0.05) is 0 Å². The van der Waals surface area contributed by atoms with Crippen molar-refractivity contribution in [3.05, 3.63) is 23.8 Å². The van der Waals surface area contributed by atoms with Crippen molar-refractivity contribution < 1.29 is 9.53 Å². The lowest BCUT2D eigenvalue weighted by molar-refractivity contribution is -0.00517. The van der Waals surface area contributed by atoms with Gasteiger partial charge in [-0.25, -0.2) is 0 Å². The van der Waals surface area contributed by atoms with Crippen molar-refractivity contribution in [3.63, 3.8) is 0 Å². The Morgan fingerprint density at radius 1 is 1.40 bits per heavy atom. The molecule has 1 aliphatic rings. The van der Waals surface area contributed by atoms with E-state index in [1.54, 1.807) is 6.07 Å². The Labute approximate surface area is 120 Å². The van der Waals surface area contributed by atoms with E-state index < -0.39 is 0 Å². The number of nitrogen functional groups attached to an aromatic ring is 1. The number of hydrogen-bond acceptors (Lipinski definition) is 4. The number of nitrogens with zero attached hydrogens (tertiary/aromatic N) is 1. The Morgan fingerprint density at radius 3 is 2.60 bits per heavy atom. The lowest BCUT2D eigenvalue weighted by Crippen LogP contribution is -2.45. The summed E-state index contributed by atoms with van der Waals surface area (Å²) in [6, 6.07) is 5.48. The van der Waals surface area contributed by atoms with Crippen LogP contribution >= 0.6 is 0 Å². The molecule has 5 nitrogen and oxygen atoms in total. The summed E-state index contributed by atoms with van der Waals surface area (Å²) in [7, 11) is 0. The number of hydrogen-bond donors (Lipinski definition) is 2. The van der Waals surface area contributed by atoms with Crippen molar-refractivity contribution >= 4 is 17.3 Å². The summed E-state index contributed by atoms with van der Waals surface area (Å²) < 4.78 is 5.73. The SMILES string of the molecule is CCNC(=O)c1ccc(N2CC(C)OC(C)C2)c(N)c1. The quantitative estimate of drug-likeness (QED) is 0.824. The summed E-state index contributed by atoms with van der Waals surface area (Å²) in [6.07, 6.45) is 0.363. The molecular weight excluding hydrogens is 254 g/mol. The van der Waals surface area contributed by atoms with Crippen LogP contribution in [0.15, 0.2) is 18.2 Å². The first kappa shape index (κ1) is 14.7. The molecule has 0 radical (unpaired) electrons. The van der Waals surface area contributed by atoms with Gasteiger partial charge in [0.05, 0.1) is 23.6 Å². The van der Waals surface area contributed by atoms with Gasteiger partial charge >= 0.3 is 0 Å². The number of carbonyl (C=O) groups excluding carboxylic acids is 1. The number of morpholine rings is 1. The highest BCUT2D eigenvalue weighted by Gasteiger charge is 2.23. The zero-order chi connectivity index (χ0) is 14.7. The number of anilines is 2. The number of nitrogens with one attached hydrogen (secondary N) is 1. The number of rotatable bonds is 3.